The predicted octanol–water partition coefficient (Wildman–Crippen LogP) is -0.560. The number of nitrogens with one attached hydrogen (secondary N) is 1. The van der Waals surface area contributed by atoms with E-state index in [0.29, 0.717) is 45.9 Å². The summed E-state index contributed by atoms with van der Waals surface area (Å²) in [5.41, 5.74) is 0. The van der Waals surface area contributed by atoms with Gasteiger partial charge in [0.2, 0.25) is 11.8 Å². The summed E-state index contributed by atoms with van der Waals surface area (Å²) in [6, 6.07) is 0. The van der Waals surface area contributed by atoms with Gasteiger partial charge in [0.1, 0.15) is 6.42 Å². The van der Waals surface area contributed by atoms with E-state index in [1.807, 2.05) is 0 Å². The molecule has 1 fully saturated rings. The van der Waals surface area contributed by atoms with E-state index < -0.39 is 0 Å². The van der Waals surface area contributed by atoms with Gasteiger partial charge in [0.25, 0.3) is 0 Å². The predicted molar refractivity (Wildman–Crippen MR) is 74.7 cm³/mol. The zero-order valence-electron chi connectivity index (χ0n) is 12.6. The minimum atomic E-state index is -0.359. The maximum Gasteiger partial charge on any atom is 0.409 e. The molecule has 8 nitrogen and oxygen atoms in total. The number of hydrogen-bond donors (Lipinski definition) is 1. The van der Waals surface area contributed by atoms with Gasteiger partial charge in [-0.05, 0) is 6.92 Å². The second-order valence-electron chi connectivity index (χ2n) is 4.59. The smallest absolute Gasteiger partial charge is 0.409 e. The molecule has 8 heteroatoms. The Morgan fingerprint density at radius 1 is 1.10 bits per heavy atom. The molecule has 120 valence electrons. The summed E-state index contributed by atoms with van der Waals surface area (Å²) in [7, 11) is 1.54. The lowest BCUT2D eigenvalue weighted by Crippen LogP contribution is -2.51. The van der Waals surface area contributed by atoms with Gasteiger partial charge in [-0.25, -0.2) is 4.79 Å². The van der Waals surface area contributed by atoms with E-state index in [2.05, 4.69) is 5.32 Å². The largest absolute Gasteiger partial charge is 0.450 e. The van der Waals surface area contributed by atoms with Crippen molar-refractivity contribution in [2.24, 2.45) is 0 Å². The maximum absolute atomic E-state index is 11.9. The van der Waals surface area contributed by atoms with E-state index in [0.717, 1.165) is 0 Å². The summed E-state index contributed by atoms with van der Waals surface area (Å²) in [4.78, 5) is 38.1. The minimum Gasteiger partial charge on any atom is -0.450 e. The molecule has 1 aliphatic heterocycles. The molecule has 1 aliphatic rings. The number of amides is 3. The van der Waals surface area contributed by atoms with E-state index in [-0.39, 0.29) is 24.3 Å². The van der Waals surface area contributed by atoms with Gasteiger partial charge in [-0.3, -0.25) is 9.59 Å². The highest BCUT2D eigenvalue weighted by Crippen LogP contribution is 2.05. The van der Waals surface area contributed by atoms with Crippen LogP contribution in [0.2, 0.25) is 0 Å². The third-order valence-electron chi connectivity index (χ3n) is 3.10. The van der Waals surface area contributed by atoms with Crippen LogP contribution in [0.3, 0.4) is 0 Å². The third kappa shape index (κ3) is 5.99. The van der Waals surface area contributed by atoms with Gasteiger partial charge >= 0.3 is 6.09 Å². The Morgan fingerprint density at radius 3 is 2.29 bits per heavy atom. The second-order valence-corrected chi connectivity index (χ2v) is 4.59. The Labute approximate surface area is 124 Å². The summed E-state index contributed by atoms with van der Waals surface area (Å²) in [6.45, 7) is 4.58. The van der Waals surface area contributed by atoms with E-state index in [4.69, 9.17) is 9.47 Å². The number of hydrogen-bond acceptors (Lipinski definition) is 5. The molecule has 0 bridgehead atoms. The van der Waals surface area contributed by atoms with Gasteiger partial charge in [0.15, 0.2) is 0 Å². The summed E-state index contributed by atoms with van der Waals surface area (Å²) in [5.74, 6) is -0.543. The highest BCUT2D eigenvalue weighted by Gasteiger charge is 2.25. The molecular formula is C13H23N3O5. The van der Waals surface area contributed by atoms with Crippen LogP contribution >= 0.6 is 0 Å². The van der Waals surface area contributed by atoms with Gasteiger partial charge in [-0.2, -0.15) is 0 Å². The Hall–Kier alpha value is -1.83. The summed E-state index contributed by atoms with van der Waals surface area (Å²) < 4.78 is 9.71. The first-order chi connectivity index (χ1) is 10.1. The van der Waals surface area contributed by atoms with Crippen LogP contribution in [0.5, 0.6) is 0 Å². The van der Waals surface area contributed by atoms with Crippen molar-refractivity contribution in [1.29, 1.82) is 0 Å². The zero-order chi connectivity index (χ0) is 15.7. The quantitative estimate of drug-likeness (QED) is 0.525. The highest BCUT2D eigenvalue weighted by atomic mass is 16.6. The fourth-order valence-corrected chi connectivity index (χ4v) is 1.96. The standard InChI is InChI=1S/C13H23N3O5/c1-3-21-13(19)16-7-5-15(6-8-16)12(18)10-11(17)14-4-9-20-2/h3-10H2,1-2H3,(H,14,17). The Morgan fingerprint density at radius 2 is 1.71 bits per heavy atom. The van der Waals surface area contributed by atoms with Gasteiger partial charge in [-0.15, -0.1) is 0 Å². The lowest BCUT2D eigenvalue weighted by atomic mass is 10.2. The number of nitrogens with zero attached hydrogens (tertiary/aromatic N) is 2. The van der Waals surface area contributed by atoms with Crippen molar-refractivity contribution in [3.05, 3.63) is 0 Å². The molecule has 21 heavy (non-hydrogen) atoms. The molecular weight excluding hydrogens is 278 g/mol. The fourth-order valence-electron chi connectivity index (χ4n) is 1.96. The number of methoxy groups -OCH3 is 1. The number of rotatable bonds is 6. The van der Waals surface area contributed by atoms with Gasteiger partial charge in [0.05, 0.1) is 13.2 Å². The van der Waals surface area contributed by atoms with Gasteiger partial charge < -0.3 is 24.6 Å². The average molecular weight is 301 g/mol. The Bertz CT molecular complexity index is 367. The van der Waals surface area contributed by atoms with Crippen LogP contribution in [0.4, 0.5) is 4.79 Å². The molecule has 1 heterocycles. The van der Waals surface area contributed by atoms with Crippen molar-refractivity contribution in [2.45, 2.75) is 13.3 Å². The maximum atomic E-state index is 11.9. The first-order valence-corrected chi connectivity index (χ1v) is 7.03. The highest BCUT2D eigenvalue weighted by molar-refractivity contribution is 5.96. The summed E-state index contributed by atoms with van der Waals surface area (Å²) >= 11 is 0. The monoisotopic (exact) mass is 301 g/mol. The van der Waals surface area contributed by atoms with Crippen LogP contribution in [0.25, 0.3) is 0 Å². The molecule has 0 spiro atoms. The van der Waals surface area contributed by atoms with Crippen LogP contribution in [-0.2, 0) is 19.1 Å². The first kappa shape index (κ1) is 17.2. The number of carbonyl (C=O) groups excluding carboxylic acids is 3. The lowest BCUT2D eigenvalue weighted by molar-refractivity contribution is -0.137. The Balaban J connectivity index is 2.28. The minimum absolute atomic E-state index is 0.177. The first-order valence-electron chi connectivity index (χ1n) is 7.03. The van der Waals surface area contributed by atoms with Crippen LogP contribution in [0.15, 0.2) is 0 Å². The number of carbonyl (C=O) groups is 3. The fraction of sp³-hybridized carbons (Fsp3) is 0.769. The van der Waals surface area contributed by atoms with E-state index >= 15 is 0 Å². The van der Waals surface area contributed by atoms with Gasteiger partial charge in [0, 0.05) is 39.8 Å². The van der Waals surface area contributed by atoms with E-state index in [9.17, 15) is 14.4 Å². The number of piperazine rings is 1. The summed E-state index contributed by atoms with van der Waals surface area (Å²) in [6.07, 6.45) is -0.537. The molecule has 0 atom stereocenters. The topological polar surface area (TPSA) is 88.2 Å². The van der Waals surface area contributed by atoms with Crippen molar-refractivity contribution in [3.63, 3.8) is 0 Å². The van der Waals surface area contributed by atoms with Crippen LogP contribution in [0.1, 0.15) is 13.3 Å². The SMILES string of the molecule is CCOC(=O)N1CCN(C(=O)CC(=O)NCCOC)CC1. The van der Waals surface area contributed by atoms with Gasteiger partial charge in [-0.1, -0.05) is 0 Å². The lowest BCUT2D eigenvalue weighted by Gasteiger charge is -2.34. The molecule has 0 radical (unpaired) electrons. The van der Waals surface area contributed by atoms with Crippen LogP contribution in [0, 0.1) is 0 Å². The summed E-state index contributed by atoms with van der Waals surface area (Å²) in [5, 5.41) is 2.60. The molecule has 3 amide bonds. The van der Waals surface area contributed by atoms with Crippen LogP contribution < -0.4 is 5.32 Å². The third-order valence-corrected chi connectivity index (χ3v) is 3.10. The molecule has 0 aromatic carbocycles. The molecule has 0 aromatic heterocycles. The van der Waals surface area contributed by atoms with Crippen molar-refractivity contribution < 1.29 is 23.9 Å². The normalized spacial score (nSPS) is 14.8. The molecule has 1 saturated heterocycles. The molecule has 1 rings (SSSR count). The molecule has 0 saturated carbocycles. The van der Waals surface area contributed by atoms with E-state index in [1.165, 1.54) is 0 Å². The van der Waals surface area contributed by atoms with E-state index in [1.54, 1.807) is 23.8 Å². The second kappa shape index (κ2) is 9.17. The number of ether oxygens (including phenoxy) is 2. The molecule has 1 N–H and O–H groups in total. The van der Waals surface area contributed by atoms with Crippen molar-refractivity contribution in [1.82, 2.24) is 15.1 Å². The Kier molecular flexibility index (Phi) is 7.52. The molecule has 0 unspecified atom stereocenters. The van der Waals surface area contributed by atoms with Crippen molar-refractivity contribution >= 4 is 17.9 Å². The average Bonchev–Trinajstić information content (AvgIpc) is 2.48. The molecule has 0 aliphatic carbocycles. The van der Waals surface area contributed by atoms with Crippen molar-refractivity contribution in [2.75, 3.05) is 53.0 Å². The molecule has 0 aromatic rings. The van der Waals surface area contributed by atoms with Crippen LogP contribution in [-0.4, -0.2) is 80.8 Å². The zero-order valence-corrected chi connectivity index (χ0v) is 12.6. The van der Waals surface area contributed by atoms with Crippen molar-refractivity contribution in [3.8, 4) is 0 Å².